The first-order valence-electron chi connectivity index (χ1n) is 13.5. The molecule has 5 nitrogen and oxygen atoms in total. The number of fused-ring (bicyclic) bond motifs is 1. The maximum absolute atomic E-state index is 12.4. The van der Waals surface area contributed by atoms with E-state index in [2.05, 4.69) is 72.0 Å². The minimum atomic E-state index is -0.329. The summed E-state index contributed by atoms with van der Waals surface area (Å²) in [5.74, 6) is 0.695. The second kappa shape index (κ2) is 12.7. The molecule has 38 heavy (non-hydrogen) atoms. The average Bonchev–Trinajstić information content (AvgIpc) is 2.97. The van der Waals surface area contributed by atoms with Gasteiger partial charge in [-0.15, -0.1) is 0 Å². The van der Waals surface area contributed by atoms with Gasteiger partial charge in [0, 0.05) is 18.9 Å². The van der Waals surface area contributed by atoms with Crippen molar-refractivity contribution in [1.29, 1.82) is 0 Å². The van der Waals surface area contributed by atoms with Crippen LogP contribution in [0.15, 0.2) is 91.0 Å². The summed E-state index contributed by atoms with van der Waals surface area (Å²) in [5, 5.41) is 5.98. The van der Waals surface area contributed by atoms with Crippen molar-refractivity contribution in [3.63, 3.8) is 0 Å². The molecule has 4 aromatic rings. The van der Waals surface area contributed by atoms with E-state index < -0.39 is 0 Å². The molecule has 196 valence electrons. The first-order chi connectivity index (χ1) is 18.7. The van der Waals surface area contributed by atoms with Gasteiger partial charge in [0.2, 0.25) is 0 Å². The lowest BCUT2D eigenvalue weighted by Gasteiger charge is -2.32. The molecule has 1 N–H and O–H groups in total. The number of benzene rings is 4. The summed E-state index contributed by atoms with van der Waals surface area (Å²) < 4.78 is 17.4. The molecule has 1 aliphatic heterocycles. The molecule has 0 aromatic heterocycles. The molecular weight excluding hydrogens is 474 g/mol. The molecule has 0 aliphatic carbocycles. The first-order valence-corrected chi connectivity index (χ1v) is 13.5. The number of piperidine rings is 1. The van der Waals surface area contributed by atoms with Crippen molar-refractivity contribution in [2.24, 2.45) is 0 Å². The Hall–Kier alpha value is -3.67. The number of nitrogens with one attached hydrogen (secondary N) is 1. The summed E-state index contributed by atoms with van der Waals surface area (Å²) >= 11 is 0. The van der Waals surface area contributed by atoms with Gasteiger partial charge in [-0.05, 0) is 71.6 Å². The van der Waals surface area contributed by atoms with Crippen LogP contribution in [0.5, 0.6) is 5.75 Å². The number of rotatable bonds is 10. The topological polar surface area (TPSA) is 56.8 Å². The van der Waals surface area contributed by atoms with E-state index in [1.54, 1.807) is 18.2 Å². The fourth-order valence-electron chi connectivity index (χ4n) is 5.07. The van der Waals surface area contributed by atoms with Gasteiger partial charge in [-0.1, -0.05) is 66.7 Å². The van der Waals surface area contributed by atoms with Crippen molar-refractivity contribution >= 4 is 16.7 Å². The van der Waals surface area contributed by atoms with E-state index in [0.717, 1.165) is 25.1 Å². The standard InChI is InChI=1S/C33H35NO4/c1-2-36-30-9-5-8-29(21-30)33(35)37-19-17-24-10-14-27(15-11-24)31-16-18-34-22-32(31)38-23-25-12-13-26-6-3-4-7-28(26)20-25/h3-15,20-21,31-32,34H,2,16-19,22-23H2,1H3. The molecule has 5 heteroatoms. The van der Waals surface area contributed by atoms with Crippen molar-refractivity contribution in [3.05, 3.63) is 113 Å². The fourth-order valence-corrected chi connectivity index (χ4v) is 5.07. The van der Waals surface area contributed by atoms with Crippen LogP contribution in [0.4, 0.5) is 0 Å². The number of esters is 1. The van der Waals surface area contributed by atoms with Crippen LogP contribution in [0.1, 0.15) is 46.3 Å². The van der Waals surface area contributed by atoms with Gasteiger partial charge in [-0.3, -0.25) is 0 Å². The predicted molar refractivity (Wildman–Crippen MR) is 151 cm³/mol. The summed E-state index contributed by atoms with van der Waals surface area (Å²) in [4.78, 5) is 12.4. The van der Waals surface area contributed by atoms with Gasteiger partial charge >= 0.3 is 5.97 Å². The second-order valence-corrected chi connectivity index (χ2v) is 9.72. The number of hydrogen-bond acceptors (Lipinski definition) is 5. The van der Waals surface area contributed by atoms with Crippen LogP contribution in [-0.4, -0.2) is 38.4 Å². The van der Waals surface area contributed by atoms with Crippen LogP contribution < -0.4 is 10.1 Å². The van der Waals surface area contributed by atoms with Crippen LogP contribution in [0.25, 0.3) is 10.8 Å². The number of carbonyl (C=O) groups excluding carboxylic acids is 1. The number of hydrogen-bond donors (Lipinski definition) is 1. The Balaban J connectivity index is 1.14. The van der Waals surface area contributed by atoms with E-state index >= 15 is 0 Å². The third kappa shape index (κ3) is 6.60. The summed E-state index contributed by atoms with van der Waals surface area (Å²) in [5.41, 5.74) is 4.14. The maximum atomic E-state index is 12.4. The van der Waals surface area contributed by atoms with E-state index in [-0.39, 0.29) is 12.1 Å². The molecule has 0 saturated carbocycles. The zero-order chi connectivity index (χ0) is 26.2. The second-order valence-electron chi connectivity index (χ2n) is 9.72. The normalized spacial score (nSPS) is 17.3. The van der Waals surface area contributed by atoms with Crippen molar-refractivity contribution < 1.29 is 19.0 Å². The van der Waals surface area contributed by atoms with Crippen molar-refractivity contribution in [2.75, 3.05) is 26.3 Å². The Morgan fingerprint density at radius 3 is 2.55 bits per heavy atom. The van der Waals surface area contributed by atoms with E-state index in [9.17, 15) is 4.79 Å². The molecule has 5 rings (SSSR count). The van der Waals surface area contributed by atoms with Gasteiger partial charge in [0.05, 0.1) is 31.5 Å². The monoisotopic (exact) mass is 509 g/mol. The highest BCUT2D eigenvalue weighted by atomic mass is 16.5. The van der Waals surface area contributed by atoms with Crippen LogP contribution in [0, 0.1) is 0 Å². The molecule has 0 spiro atoms. The van der Waals surface area contributed by atoms with E-state index in [1.165, 1.54) is 21.9 Å². The van der Waals surface area contributed by atoms with Crippen LogP contribution >= 0.6 is 0 Å². The minimum absolute atomic E-state index is 0.120. The lowest BCUT2D eigenvalue weighted by molar-refractivity contribution is 0.0106. The number of carbonyl (C=O) groups is 1. The van der Waals surface area contributed by atoms with Gasteiger partial charge in [0.1, 0.15) is 5.75 Å². The third-order valence-electron chi connectivity index (χ3n) is 7.12. The van der Waals surface area contributed by atoms with E-state index in [4.69, 9.17) is 14.2 Å². The SMILES string of the molecule is CCOc1cccc(C(=O)OCCc2ccc(C3CCNCC3OCc3ccc4ccccc4c3)cc2)c1. The largest absolute Gasteiger partial charge is 0.494 e. The van der Waals surface area contributed by atoms with Gasteiger partial charge in [-0.2, -0.15) is 0 Å². The highest BCUT2D eigenvalue weighted by Gasteiger charge is 2.27. The van der Waals surface area contributed by atoms with Crippen LogP contribution in [-0.2, 0) is 22.5 Å². The first kappa shape index (κ1) is 26.0. The average molecular weight is 510 g/mol. The molecule has 1 aliphatic rings. The Bertz CT molecular complexity index is 1350. The molecule has 1 saturated heterocycles. The molecule has 0 bridgehead atoms. The summed E-state index contributed by atoms with van der Waals surface area (Å²) in [7, 11) is 0. The summed E-state index contributed by atoms with van der Waals surface area (Å²) in [6.07, 6.45) is 1.83. The van der Waals surface area contributed by atoms with Crippen molar-refractivity contribution in [3.8, 4) is 5.75 Å². The Labute approximate surface area is 224 Å². The van der Waals surface area contributed by atoms with Gasteiger partial charge in [-0.25, -0.2) is 4.79 Å². The third-order valence-corrected chi connectivity index (χ3v) is 7.12. The van der Waals surface area contributed by atoms with Gasteiger partial charge < -0.3 is 19.5 Å². The number of ether oxygens (including phenoxy) is 3. The minimum Gasteiger partial charge on any atom is -0.494 e. The molecule has 2 atom stereocenters. The Morgan fingerprint density at radius 1 is 0.895 bits per heavy atom. The smallest absolute Gasteiger partial charge is 0.338 e. The molecule has 1 fully saturated rings. The summed E-state index contributed by atoms with van der Waals surface area (Å²) in [6, 6.07) is 30.8. The molecular formula is C33H35NO4. The Kier molecular flexibility index (Phi) is 8.69. The lowest BCUT2D eigenvalue weighted by atomic mass is 9.87. The molecule has 0 amide bonds. The van der Waals surface area contributed by atoms with Gasteiger partial charge in [0.25, 0.3) is 0 Å². The van der Waals surface area contributed by atoms with Crippen molar-refractivity contribution in [2.45, 2.75) is 38.4 Å². The summed E-state index contributed by atoms with van der Waals surface area (Å²) in [6.45, 7) is 5.25. The van der Waals surface area contributed by atoms with Crippen LogP contribution in [0.3, 0.4) is 0 Å². The van der Waals surface area contributed by atoms with Crippen LogP contribution in [0.2, 0.25) is 0 Å². The zero-order valence-electron chi connectivity index (χ0n) is 21.9. The fraction of sp³-hybridized carbons (Fsp3) is 0.303. The quantitative estimate of drug-likeness (QED) is 0.254. The predicted octanol–water partition coefficient (Wildman–Crippen LogP) is 6.30. The molecule has 2 unspecified atom stereocenters. The highest BCUT2D eigenvalue weighted by Crippen LogP contribution is 2.29. The lowest BCUT2D eigenvalue weighted by Crippen LogP contribution is -2.40. The van der Waals surface area contributed by atoms with E-state index in [0.29, 0.717) is 43.5 Å². The maximum Gasteiger partial charge on any atom is 0.338 e. The Morgan fingerprint density at radius 2 is 1.71 bits per heavy atom. The molecule has 1 heterocycles. The highest BCUT2D eigenvalue weighted by molar-refractivity contribution is 5.89. The van der Waals surface area contributed by atoms with Gasteiger partial charge in [0.15, 0.2) is 0 Å². The van der Waals surface area contributed by atoms with Crippen molar-refractivity contribution in [1.82, 2.24) is 5.32 Å². The molecule has 4 aromatic carbocycles. The zero-order valence-corrected chi connectivity index (χ0v) is 21.9. The van der Waals surface area contributed by atoms with E-state index in [1.807, 2.05) is 13.0 Å². The molecule has 0 radical (unpaired) electrons.